The van der Waals surface area contributed by atoms with Crippen LogP contribution in [0.15, 0.2) is 40.7 Å². The van der Waals surface area contributed by atoms with E-state index in [-0.39, 0.29) is 6.04 Å². The first-order chi connectivity index (χ1) is 9.15. The molecule has 19 heavy (non-hydrogen) atoms. The summed E-state index contributed by atoms with van der Waals surface area (Å²) in [6.07, 6.45) is 0. The van der Waals surface area contributed by atoms with Gasteiger partial charge < -0.3 is 4.90 Å². The summed E-state index contributed by atoms with van der Waals surface area (Å²) >= 11 is 1.81. The highest BCUT2D eigenvalue weighted by atomic mass is 32.1. The second-order valence-corrected chi connectivity index (χ2v) is 6.10. The molecule has 0 radical (unpaired) electrons. The van der Waals surface area contributed by atoms with Crippen LogP contribution in [-0.2, 0) is 6.54 Å². The van der Waals surface area contributed by atoms with Gasteiger partial charge in [0.05, 0.1) is 5.84 Å². The first-order valence-electron chi connectivity index (χ1n) is 6.53. The fourth-order valence-corrected chi connectivity index (χ4v) is 3.44. The molecule has 1 aromatic heterocycles. The molecule has 0 N–H and O–H groups in total. The summed E-state index contributed by atoms with van der Waals surface area (Å²) < 4.78 is 0. The molecule has 2 aromatic rings. The van der Waals surface area contributed by atoms with Crippen LogP contribution in [0.4, 0.5) is 0 Å². The molecule has 0 amide bonds. The van der Waals surface area contributed by atoms with Crippen LogP contribution in [0, 0.1) is 6.92 Å². The van der Waals surface area contributed by atoms with E-state index in [1.807, 2.05) is 0 Å². The molecular weight excluding hydrogens is 252 g/mol. The average molecular weight is 270 g/mol. The number of hydrogen-bond donors (Lipinski definition) is 0. The Bertz CT molecular complexity index is 627. The first-order valence-corrected chi connectivity index (χ1v) is 7.41. The summed E-state index contributed by atoms with van der Waals surface area (Å²) in [7, 11) is 2.11. The quantitative estimate of drug-likeness (QED) is 0.764. The molecule has 0 saturated heterocycles. The number of benzene rings is 1. The number of fused-ring (bicyclic) bond motifs is 1. The third-order valence-corrected chi connectivity index (χ3v) is 4.75. The number of aliphatic imine (C=N–C) groups is 1. The van der Waals surface area contributed by atoms with Crippen LogP contribution in [0.5, 0.6) is 0 Å². The molecule has 3 rings (SSSR count). The van der Waals surface area contributed by atoms with Crippen molar-refractivity contribution < 1.29 is 0 Å². The van der Waals surface area contributed by atoms with E-state index < -0.39 is 0 Å². The number of nitrogens with zero attached hydrogens (tertiary/aromatic N) is 2. The molecule has 1 aliphatic heterocycles. The minimum Gasteiger partial charge on any atom is -0.359 e. The van der Waals surface area contributed by atoms with Gasteiger partial charge in [-0.2, -0.15) is 0 Å². The predicted octanol–water partition coefficient (Wildman–Crippen LogP) is 4.01. The van der Waals surface area contributed by atoms with Crippen molar-refractivity contribution in [3.05, 3.63) is 57.3 Å². The Morgan fingerprint density at radius 3 is 2.79 bits per heavy atom. The molecule has 0 spiro atoms. The molecule has 2 heterocycles. The monoisotopic (exact) mass is 270 g/mol. The smallest absolute Gasteiger partial charge is 0.111 e. The number of hydrogen-bond acceptors (Lipinski definition) is 3. The van der Waals surface area contributed by atoms with Gasteiger partial charge in [0.2, 0.25) is 0 Å². The van der Waals surface area contributed by atoms with E-state index in [9.17, 15) is 0 Å². The van der Waals surface area contributed by atoms with Gasteiger partial charge in [0, 0.05) is 18.5 Å². The predicted molar refractivity (Wildman–Crippen MR) is 81.9 cm³/mol. The summed E-state index contributed by atoms with van der Waals surface area (Å²) in [5, 5.41) is 2.21. The summed E-state index contributed by atoms with van der Waals surface area (Å²) in [6, 6.07) is 11.1. The molecule has 3 heteroatoms. The second kappa shape index (κ2) is 4.82. The summed E-state index contributed by atoms with van der Waals surface area (Å²) in [5.41, 5.74) is 4.04. The molecule has 2 nitrogen and oxygen atoms in total. The lowest BCUT2D eigenvalue weighted by molar-refractivity contribution is 0.500. The van der Waals surface area contributed by atoms with E-state index >= 15 is 0 Å². The molecular formula is C16H18N2S. The van der Waals surface area contributed by atoms with Gasteiger partial charge in [-0.05, 0) is 42.0 Å². The lowest BCUT2D eigenvalue weighted by Gasteiger charge is -2.16. The Hall–Kier alpha value is -1.61. The van der Waals surface area contributed by atoms with E-state index in [2.05, 4.69) is 61.5 Å². The van der Waals surface area contributed by atoms with Crippen molar-refractivity contribution in [2.75, 3.05) is 7.05 Å². The van der Waals surface area contributed by atoms with Crippen LogP contribution >= 0.6 is 11.3 Å². The molecule has 0 bridgehead atoms. The maximum atomic E-state index is 4.93. The van der Waals surface area contributed by atoms with Crippen LogP contribution in [0.1, 0.15) is 34.5 Å². The van der Waals surface area contributed by atoms with Crippen molar-refractivity contribution >= 4 is 17.2 Å². The first kappa shape index (κ1) is 12.4. The molecule has 0 saturated carbocycles. The van der Waals surface area contributed by atoms with E-state index in [4.69, 9.17) is 4.99 Å². The Morgan fingerprint density at radius 2 is 2.05 bits per heavy atom. The van der Waals surface area contributed by atoms with Crippen molar-refractivity contribution in [1.29, 1.82) is 0 Å². The zero-order valence-corrected chi connectivity index (χ0v) is 12.4. The van der Waals surface area contributed by atoms with Gasteiger partial charge in [0.15, 0.2) is 0 Å². The highest BCUT2D eigenvalue weighted by Crippen LogP contribution is 2.35. The minimum absolute atomic E-state index is 0.153. The van der Waals surface area contributed by atoms with Gasteiger partial charge in [0.1, 0.15) is 6.04 Å². The highest BCUT2D eigenvalue weighted by molar-refractivity contribution is 7.10. The summed E-state index contributed by atoms with van der Waals surface area (Å²) in [6.45, 7) is 5.18. The fraction of sp³-hybridized carbons (Fsp3) is 0.312. The van der Waals surface area contributed by atoms with E-state index in [0.29, 0.717) is 0 Å². The van der Waals surface area contributed by atoms with Crippen molar-refractivity contribution in [2.45, 2.75) is 26.4 Å². The summed E-state index contributed by atoms with van der Waals surface area (Å²) in [5.74, 6) is 1.10. The average Bonchev–Trinajstić information content (AvgIpc) is 2.77. The highest BCUT2D eigenvalue weighted by Gasteiger charge is 2.22. The number of rotatable bonds is 1. The molecule has 1 unspecified atom stereocenters. The Morgan fingerprint density at radius 1 is 1.26 bits per heavy atom. The van der Waals surface area contributed by atoms with Gasteiger partial charge in [0.25, 0.3) is 0 Å². The molecule has 0 aliphatic carbocycles. The van der Waals surface area contributed by atoms with Crippen LogP contribution in [0.3, 0.4) is 0 Å². The van der Waals surface area contributed by atoms with Crippen molar-refractivity contribution in [3.63, 3.8) is 0 Å². The number of amidine groups is 1. The molecule has 1 aromatic carbocycles. The van der Waals surface area contributed by atoms with Crippen molar-refractivity contribution in [1.82, 2.24) is 4.90 Å². The van der Waals surface area contributed by atoms with Gasteiger partial charge >= 0.3 is 0 Å². The normalized spacial score (nSPS) is 18.8. The second-order valence-electron chi connectivity index (χ2n) is 5.16. The van der Waals surface area contributed by atoms with Gasteiger partial charge in [-0.15, -0.1) is 11.3 Å². The third kappa shape index (κ3) is 2.30. The Kier molecular flexibility index (Phi) is 3.15. The van der Waals surface area contributed by atoms with Crippen molar-refractivity contribution in [3.8, 4) is 0 Å². The van der Waals surface area contributed by atoms with Gasteiger partial charge in [-0.25, -0.2) is 0 Å². The lowest BCUT2D eigenvalue weighted by atomic mass is 9.99. The van der Waals surface area contributed by atoms with Crippen LogP contribution < -0.4 is 0 Å². The largest absolute Gasteiger partial charge is 0.359 e. The van der Waals surface area contributed by atoms with Crippen molar-refractivity contribution in [2.24, 2.45) is 4.99 Å². The maximum Gasteiger partial charge on any atom is 0.111 e. The molecule has 0 fully saturated rings. The third-order valence-electron chi connectivity index (χ3n) is 3.65. The Labute approximate surface area is 118 Å². The minimum atomic E-state index is 0.153. The standard InChI is InChI=1S/C16H18N2S/c1-11-8-15(19-10-11)16-14-7-5-4-6-13(14)9-18(3)12(2)17-16/h4-8,10,16H,9H2,1-3H3. The molecule has 1 atom stereocenters. The van der Waals surface area contributed by atoms with Crippen LogP contribution in [-0.4, -0.2) is 17.8 Å². The lowest BCUT2D eigenvalue weighted by Crippen LogP contribution is -2.22. The zero-order valence-electron chi connectivity index (χ0n) is 11.6. The van der Waals surface area contributed by atoms with Crippen LogP contribution in [0.2, 0.25) is 0 Å². The van der Waals surface area contributed by atoms with E-state index in [0.717, 1.165) is 12.4 Å². The molecule has 98 valence electrons. The van der Waals surface area contributed by atoms with E-state index in [1.165, 1.54) is 21.6 Å². The maximum absolute atomic E-state index is 4.93. The van der Waals surface area contributed by atoms with E-state index in [1.54, 1.807) is 11.3 Å². The van der Waals surface area contributed by atoms with Crippen LogP contribution in [0.25, 0.3) is 0 Å². The SMILES string of the molecule is CC1=NC(c2cc(C)cs2)c2ccccc2CN1C. The molecule has 1 aliphatic rings. The van der Waals surface area contributed by atoms with Gasteiger partial charge in [-0.3, -0.25) is 4.99 Å². The Balaban J connectivity index is 2.15. The van der Waals surface area contributed by atoms with Gasteiger partial charge in [-0.1, -0.05) is 24.3 Å². The topological polar surface area (TPSA) is 15.6 Å². The number of thiophene rings is 1. The summed E-state index contributed by atoms with van der Waals surface area (Å²) in [4.78, 5) is 8.49. The zero-order chi connectivity index (χ0) is 13.4. The number of aryl methyl sites for hydroxylation is 1. The fourth-order valence-electron chi connectivity index (χ4n) is 2.48.